The van der Waals surface area contributed by atoms with Crippen molar-refractivity contribution >= 4 is 51.6 Å². The van der Waals surface area contributed by atoms with Crippen LogP contribution < -0.4 is 19.7 Å². The summed E-state index contributed by atoms with van der Waals surface area (Å²) in [5.74, 6) is 0. The van der Waals surface area contributed by atoms with E-state index in [0.717, 1.165) is 27.9 Å². The second-order valence-electron chi connectivity index (χ2n) is 10.3. The first-order valence-corrected chi connectivity index (χ1v) is 16.4. The quantitative estimate of drug-likeness (QED) is 0.228. The minimum Gasteiger partial charge on any atom is -0.348 e. The number of thioether (sulfide) groups is 1. The van der Waals surface area contributed by atoms with E-state index >= 15 is 0 Å². The number of para-hydroxylation sites is 1. The van der Waals surface area contributed by atoms with Gasteiger partial charge in [-0.25, -0.2) is 4.58 Å². The highest BCUT2D eigenvalue weighted by Crippen LogP contribution is 2.48. The number of anilines is 1. The minimum absolute atomic E-state index is 0.0692. The molecule has 0 saturated heterocycles. The molecule has 6 heteroatoms. The van der Waals surface area contributed by atoms with E-state index in [4.69, 9.17) is 0 Å². The Bertz CT molecular complexity index is 1850. The predicted octanol–water partition coefficient (Wildman–Crippen LogP) is 6.59. The molecule has 1 aromatic heterocycles. The Balaban J connectivity index is 1.44. The lowest BCUT2D eigenvalue weighted by Gasteiger charge is -2.26. The Kier molecular flexibility index (Phi) is 8.45. The van der Waals surface area contributed by atoms with Crippen LogP contribution in [0.4, 0.5) is 5.69 Å². The van der Waals surface area contributed by atoms with Crippen LogP contribution in [0.1, 0.15) is 48.8 Å². The number of thiazole rings is 1. The monoisotopic (exact) mass is 590 g/mol. The third-order valence-electron chi connectivity index (χ3n) is 7.98. The fraction of sp³-hybridized carbons (Fsp3) is 0.222. The summed E-state index contributed by atoms with van der Waals surface area (Å²) in [4.78, 5) is 15.8. The van der Waals surface area contributed by atoms with Crippen LogP contribution in [0.15, 0.2) is 108 Å². The van der Waals surface area contributed by atoms with Crippen molar-refractivity contribution < 1.29 is 4.58 Å². The van der Waals surface area contributed by atoms with Crippen molar-refractivity contribution in [2.24, 2.45) is 0 Å². The summed E-state index contributed by atoms with van der Waals surface area (Å²) in [6, 6.07) is 30.3. The van der Waals surface area contributed by atoms with Crippen molar-refractivity contribution in [1.29, 1.82) is 0 Å². The van der Waals surface area contributed by atoms with E-state index in [1.807, 2.05) is 22.4 Å². The molecule has 0 unspecified atom stereocenters. The smallest absolute Gasteiger partial charge is 0.269 e. The van der Waals surface area contributed by atoms with Crippen LogP contribution in [-0.2, 0) is 6.54 Å². The lowest BCUT2D eigenvalue weighted by atomic mass is 9.97. The van der Waals surface area contributed by atoms with Gasteiger partial charge in [0.1, 0.15) is 16.5 Å². The van der Waals surface area contributed by atoms with Crippen LogP contribution >= 0.6 is 23.1 Å². The molecule has 0 aliphatic carbocycles. The van der Waals surface area contributed by atoms with Gasteiger partial charge in [-0.3, -0.25) is 9.36 Å². The molecule has 4 nitrogen and oxygen atoms in total. The van der Waals surface area contributed by atoms with Crippen molar-refractivity contribution in [2.45, 2.75) is 38.6 Å². The van der Waals surface area contributed by atoms with Crippen molar-refractivity contribution in [3.05, 3.63) is 140 Å². The number of hydrogen-bond acceptors (Lipinski definition) is 4. The standard InChI is InChI=1S/C36H36N3OS2/c1-4-37-24-23-26(29-19-13-14-20-30(29)37)21-22-31-36(40)39(6-3)33(41-31)25-32-38(5-2)34(27-15-9-7-10-16-27)35(42-32)28-17-11-8-12-18-28/h7-25,34-35H,4-6H2,1-3H3/q+1/b26-21+,31-22+/t34-,35-/m0/s1. The Labute approximate surface area is 256 Å². The molecule has 0 fully saturated rings. The zero-order valence-electron chi connectivity index (χ0n) is 24.3. The van der Waals surface area contributed by atoms with Gasteiger partial charge in [0.25, 0.3) is 5.56 Å². The molecule has 3 aromatic carbocycles. The van der Waals surface area contributed by atoms with Crippen LogP contribution in [0.2, 0.25) is 0 Å². The number of allylic oxidation sites excluding steroid dienone is 3. The maximum Gasteiger partial charge on any atom is 0.269 e. The van der Waals surface area contributed by atoms with Crippen molar-refractivity contribution in [3.8, 4) is 0 Å². The molecule has 2 aliphatic heterocycles. The largest absolute Gasteiger partial charge is 0.348 e. The molecule has 0 N–H and O–H groups in total. The van der Waals surface area contributed by atoms with Gasteiger partial charge in [0, 0.05) is 36.1 Å². The normalized spacial score (nSPS) is 20.2. The summed E-state index contributed by atoms with van der Waals surface area (Å²) >= 11 is 3.48. The SMILES string of the molecule is CCN1C=C/C(=C\C=c2\s/c(=C/C3=[N+](CC)[C@@H](c4ccccc4)[C@H](c4ccccc4)S3)n(CC)c2=O)c2ccccc21. The van der Waals surface area contributed by atoms with E-state index in [1.54, 1.807) is 11.3 Å². The molecule has 2 atom stereocenters. The van der Waals surface area contributed by atoms with Crippen LogP contribution in [0.5, 0.6) is 0 Å². The van der Waals surface area contributed by atoms with Crippen LogP contribution in [0, 0.1) is 0 Å². The van der Waals surface area contributed by atoms with Gasteiger partial charge in [0.05, 0.1) is 10.6 Å². The Morgan fingerprint density at radius 1 is 0.833 bits per heavy atom. The number of aromatic nitrogens is 1. The van der Waals surface area contributed by atoms with E-state index in [-0.39, 0.29) is 16.9 Å². The highest BCUT2D eigenvalue weighted by Gasteiger charge is 2.43. The highest BCUT2D eigenvalue weighted by molar-refractivity contribution is 8.15. The first kappa shape index (κ1) is 28.3. The van der Waals surface area contributed by atoms with Crippen LogP contribution in [-0.4, -0.2) is 27.3 Å². The fourth-order valence-corrected chi connectivity index (χ4v) is 8.56. The van der Waals surface area contributed by atoms with Crippen molar-refractivity contribution in [3.63, 3.8) is 0 Å². The summed E-state index contributed by atoms with van der Waals surface area (Å²) in [6.07, 6.45) is 10.6. The molecule has 2 aliphatic rings. The third-order valence-corrected chi connectivity index (χ3v) is 10.4. The summed E-state index contributed by atoms with van der Waals surface area (Å²) < 4.78 is 6.15. The molecular weight excluding hydrogens is 555 g/mol. The molecule has 4 aromatic rings. The van der Waals surface area contributed by atoms with Gasteiger partial charge >= 0.3 is 0 Å². The van der Waals surface area contributed by atoms with Crippen molar-refractivity contribution in [2.75, 3.05) is 18.0 Å². The number of rotatable bonds is 7. The molecule has 0 saturated carbocycles. The number of hydrogen-bond donors (Lipinski definition) is 0. The fourth-order valence-electron chi connectivity index (χ4n) is 5.89. The van der Waals surface area contributed by atoms with Crippen LogP contribution in [0.3, 0.4) is 0 Å². The molecule has 3 heterocycles. The van der Waals surface area contributed by atoms with Gasteiger partial charge in [0.15, 0.2) is 6.04 Å². The van der Waals surface area contributed by atoms with Gasteiger partial charge in [-0.15, -0.1) is 11.3 Å². The number of nitrogens with zero attached hydrogens (tertiary/aromatic N) is 3. The zero-order valence-corrected chi connectivity index (χ0v) is 25.9. The maximum absolute atomic E-state index is 13.6. The molecule has 0 radical (unpaired) electrons. The minimum atomic E-state index is 0.0692. The summed E-state index contributed by atoms with van der Waals surface area (Å²) in [6.45, 7) is 8.86. The van der Waals surface area contributed by atoms with Gasteiger partial charge in [-0.2, -0.15) is 0 Å². The first-order valence-electron chi connectivity index (χ1n) is 14.7. The first-order chi connectivity index (χ1) is 20.6. The van der Waals surface area contributed by atoms with E-state index in [2.05, 4.69) is 140 Å². The number of benzene rings is 3. The Hall–Kier alpha value is -3.87. The average Bonchev–Trinajstić information content (AvgIpc) is 3.56. The van der Waals surface area contributed by atoms with Gasteiger partial charge in [-0.1, -0.05) is 84.9 Å². The van der Waals surface area contributed by atoms with Crippen LogP contribution in [0.25, 0.3) is 17.7 Å². The lowest BCUT2D eigenvalue weighted by Crippen LogP contribution is -2.31. The van der Waals surface area contributed by atoms with Crippen molar-refractivity contribution in [1.82, 2.24) is 4.57 Å². The molecule has 0 spiro atoms. The number of likely N-dealkylation sites (N-methyl/N-ethyl adjacent to an activating group) is 1. The topological polar surface area (TPSA) is 28.2 Å². The average molecular weight is 591 g/mol. The summed E-state index contributed by atoms with van der Waals surface area (Å²) in [5.41, 5.74) is 6.20. The lowest BCUT2D eigenvalue weighted by molar-refractivity contribution is -0.562. The van der Waals surface area contributed by atoms with E-state index < -0.39 is 0 Å². The van der Waals surface area contributed by atoms with E-state index in [1.165, 1.54) is 27.4 Å². The zero-order chi connectivity index (χ0) is 29.1. The molecular formula is C36H36N3OS2+. The highest BCUT2D eigenvalue weighted by atomic mass is 32.2. The Morgan fingerprint density at radius 3 is 2.21 bits per heavy atom. The van der Waals surface area contributed by atoms with Gasteiger partial charge < -0.3 is 4.90 Å². The van der Waals surface area contributed by atoms with E-state index in [9.17, 15) is 4.79 Å². The molecule has 212 valence electrons. The predicted molar refractivity (Wildman–Crippen MR) is 181 cm³/mol. The molecule has 0 bridgehead atoms. The second-order valence-corrected chi connectivity index (χ2v) is 12.6. The van der Waals surface area contributed by atoms with E-state index in [0.29, 0.717) is 6.54 Å². The summed E-state index contributed by atoms with van der Waals surface area (Å²) in [5, 5.41) is 1.47. The molecule has 0 amide bonds. The molecule has 42 heavy (non-hydrogen) atoms. The Morgan fingerprint density at radius 2 is 1.52 bits per heavy atom. The maximum atomic E-state index is 13.6. The third kappa shape index (κ3) is 5.37. The summed E-state index contributed by atoms with van der Waals surface area (Å²) in [7, 11) is 0. The van der Waals surface area contributed by atoms with Gasteiger partial charge in [-0.05, 0) is 61.9 Å². The molecule has 6 rings (SSSR count). The second kappa shape index (κ2) is 12.6. The number of fused-ring (bicyclic) bond motifs is 1. The van der Waals surface area contributed by atoms with Gasteiger partial charge in [0.2, 0.25) is 5.04 Å².